The van der Waals surface area contributed by atoms with E-state index in [9.17, 15) is 0 Å². The van der Waals surface area contributed by atoms with Crippen LogP contribution in [0.2, 0.25) is 19.8 Å². The molecule has 0 aliphatic carbocycles. The fraction of sp³-hybridized carbons (Fsp3) is 1.00. The number of rotatable bonds is 0. The van der Waals surface area contributed by atoms with Gasteiger partial charge in [0, 0.05) is 37.2 Å². The summed E-state index contributed by atoms with van der Waals surface area (Å²) in [7, 11) is 0. The zero-order chi connectivity index (χ0) is 13.2. The predicted octanol–water partition coefficient (Wildman–Crippen LogP) is 3.24. The van der Waals surface area contributed by atoms with E-state index in [0.29, 0.717) is 0 Å². The van der Waals surface area contributed by atoms with Crippen LogP contribution in [0, 0.1) is 5.41 Å². The van der Waals surface area contributed by atoms with Gasteiger partial charge in [0.15, 0.2) is 0 Å². The van der Waals surface area contributed by atoms with Gasteiger partial charge in [-0.15, -0.1) is 0 Å². The SMILES string of the molecule is II.[CH3][Sn]1([CH3])[O]CC2(C[O]1)C[O][Sn]([CH3])([CH3])[O]C2. The van der Waals surface area contributed by atoms with Gasteiger partial charge >= 0.3 is 102 Å². The van der Waals surface area contributed by atoms with Crippen molar-refractivity contribution in [1.82, 2.24) is 0 Å². The van der Waals surface area contributed by atoms with Crippen molar-refractivity contribution in [3.63, 3.8) is 0 Å². The van der Waals surface area contributed by atoms with E-state index >= 15 is 0 Å². The molecule has 2 fully saturated rings. The van der Waals surface area contributed by atoms with Crippen molar-refractivity contribution in [1.29, 1.82) is 0 Å². The molecule has 4 nitrogen and oxygen atoms in total. The summed E-state index contributed by atoms with van der Waals surface area (Å²) in [5.74, 6) is 0. The molecule has 0 atom stereocenters. The van der Waals surface area contributed by atoms with Gasteiger partial charge in [-0.05, 0) is 0 Å². The van der Waals surface area contributed by atoms with Gasteiger partial charge in [0.05, 0.1) is 0 Å². The molecular formula is C9H20I2O4Sn2. The van der Waals surface area contributed by atoms with Crippen molar-refractivity contribution in [3.05, 3.63) is 0 Å². The predicted molar refractivity (Wildman–Crippen MR) is 89.2 cm³/mol. The summed E-state index contributed by atoms with van der Waals surface area (Å²) in [6.45, 7) is 3.05. The van der Waals surface area contributed by atoms with Gasteiger partial charge in [0.2, 0.25) is 0 Å². The van der Waals surface area contributed by atoms with E-state index in [0.717, 1.165) is 26.4 Å². The second-order valence-corrected chi connectivity index (χ2v) is 24.7. The maximum atomic E-state index is 5.88. The molecule has 0 N–H and O–H groups in total. The molecule has 0 saturated carbocycles. The quantitative estimate of drug-likeness (QED) is 0.291. The summed E-state index contributed by atoms with van der Waals surface area (Å²) in [6, 6.07) is 0. The van der Waals surface area contributed by atoms with Crippen LogP contribution in [0.5, 0.6) is 0 Å². The van der Waals surface area contributed by atoms with Crippen LogP contribution < -0.4 is 0 Å². The normalized spacial score (nSPS) is 29.3. The summed E-state index contributed by atoms with van der Waals surface area (Å²) < 4.78 is 23.5. The van der Waals surface area contributed by atoms with Gasteiger partial charge in [-0.2, -0.15) is 0 Å². The number of halogens is 2. The molecule has 102 valence electrons. The second-order valence-electron chi connectivity index (χ2n) is 5.45. The summed E-state index contributed by atoms with van der Waals surface area (Å²) in [5, 5.41) is 0. The molecule has 0 unspecified atom stereocenters. The van der Waals surface area contributed by atoms with Gasteiger partial charge in [-0.1, -0.05) is 0 Å². The van der Waals surface area contributed by atoms with Crippen LogP contribution in [0.1, 0.15) is 0 Å². The molecule has 0 radical (unpaired) electrons. The molecule has 0 aromatic heterocycles. The molecule has 0 amide bonds. The zero-order valence-corrected chi connectivity index (χ0v) is 20.7. The first-order valence-electron chi connectivity index (χ1n) is 5.53. The van der Waals surface area contributed by atoms with Crippen LogP contribution in [0.15, 0.2) is 0 Å². The van der Waals surface area contributed by atoms with Crippen molar-refractivity contribution >= 4 is 75.6 Å². The Morgan fingerprint density at radius 3 is 1.18 bits per heavy atom. The first kappa shape index (κ1) is 17.9. The van der Waals surface area contributed by atoms with Crippen LogP contribution in [-0.2, 0) is 12.3 Å². The van der Waals surface area contributed by atoms with Crippen LogP contribution >= 0.6 is 37.2 Å². The average molecular weight is 683 g/mol. The van der Waals surface area contributed by atoms with Gasteiger partial charge in [0.1, 0.15) is 0 Å². The number of hydrogen-bond donors (Lipinski definition) is 0. The van der Waals surface area contributed by atoms with Gasteiger partial charge in [0.25, 0.3) is 0 Å². The second kappa shape index (κ2) is 7.25. The Balaban J connectivity index is 0.000000686. The Labute approximate surface area is 137 Å². The fourth-order valence-electron chi connectivity index (χ4n) is 1.64. The van der Waals surface area contributed by atoms with Gasteiger partial charge < -0.3 is 0 Å². The van der Waals surface area contributed by atoms with Crippen molar-refractivity contribution in [2.75, 3.05) is 26.4 Å². The Bertz CT molecular complexity index is 214. The molecular weight excluding hydrogens is 663 g/mol. The van der Waals surface area contributed by atoms with Crippen LogP contribution in [-0.4, -0.2) is 64.8 Å². The third kappa shape index (κ3) is 5.65. The van der Waals surface area contributed by atoms with Crippen molar-refractivity contribution < 1.29 is 12.3 Å². The Morgan fingerprint density at radius 1 is 0.706 bits per heavy atom. The molecule has 2 saturated heterocycles. The summed E-state index contributed by atoms with van der Waals surface area (Å²) in [5.41, 5.74) is -0.0150. The van der Waals surface area contributed by atoms with E-state index in [1.54, 1.807) is 0 Å². The standard InChI is InChI=1S/C5H8O4.4CH3.I2.2Sn/c6-1-5(2-7,3-8)4-9;;;;;1-2;;/h1-4H2;4*1H3;;;/q-4;;;;;;2*+2. The molecule has 17 heavy (non-hydrogen) atoms. The van der Waals surface area contributed by atoms with E-state index in [1.165, 1.54) is 0 Å². The topological polar surface area (TPSA) is 36.9 Å². The monoisotopic (exact) mass is 686 g/mol. The van der Waals surface area contributed by atoms with Crippen LogP contribution in [0.3, 0.4) is 0 Å². The van der Waals surface area contributed by atoms with Crippen molar-refractivity contribution in [3.8, 4) is 0 Å². The minimum atomic E-state index is -2.53. The van der Waals surface area contributed by atoms with Gasteiger partial charge in [-0.3, -0.25) is 0 Å². The van der Waals surface area contributed by atoms with Crippen molar-refractivity contribution in [2.45, 2.75) is 19.8 Å². The van der Waals surface area contributed by atoms with E-state index in [2.05, 4.69) is 57.0 Å². The molecule has 2 aliphatic heterocycles. The van der Waals surface area contributed by atoms with Crippen LogP contribution in [0.25, 0.3) is 0 Å². The summed E-state index contributed by atoms with van der Waals surface area (Å²) in [4.78, 5) is 8.59. The molecule has 2 aliphatic rings. The van der Waals surface area contributed by atoms with E-state index in [-0.39, 0.29) is 5.41 Å². The minimum absolute atomic E-state index is 0.0150. The third-order valence-electron chi connectivity index (χ3n) is 2.90. The van der Waals surface area contributed by atoms with E-state index in [4.69, 9.17) is 12.3 Å². The summed E-state index contributed by atoms with van der Waals surface area (Å²) >= 11 is -0.827. The molecule has 8 heteroatoms. The van der Waals surface area contributed by atoms with E-state index < -0.39 is 38.4 Å². The maximum absolute atomic E-state index is 5.88. The van der Waals surface area contributed by atoms with Crippen LogP contribution in [0.4, 0.5) is 0 Å². The molecule has 0 bridgehead atoms. The Kier molecular flexibility index (Phi) is 7.65. The first-order chi connectivity index (χ1) is 7.83. The first-order valence-corrected chi connectivity index (χ1v) is 27.9. The number of hydrogen-bond acceptors (Lipinski definition) is 4. The molecule has 0 aromatic carbocycles. The summed E-state index contributed by atoms with van der Waals surface area (Å²) in [6.07, 6.45) is 0. The molecule has 2 rings (SSSR count). The average Bonchev–Trinajstić information content (AvgIpc) is 2.29. The zero-order valence-electron chi connectivity index (χ0n) is 10.7. The van der Waals surface area contributed by atoms with Crippen molar-refractivity contribution in [2.24, 2.45) is 5.41 Å². The molecule has 2 heterocycles. The molecule has 0 aromatic rings. The molecule has 1 spiro atoms. The Hall–Kier alpha value is 2.90. The Morgan fingerprint density at radius 2 is 0.941 bits per heavy atom. The fourth-order valence-corrected chi connectivity index (χ4v) is 9.58. The third-order valence-corrected chi connectivity index (χ3v) is 12.5. The van der Waals surface area contributed by atoms with Gasteiger partial charge in [-0.25, -0.2) is 0 Å². The van der Waals surface area contributed by atoms with E-state index in [1.807, 2.05) is 0 Å².